The molecule has 0 saturated carbocycles. The fourth-order valence-electron chi connectivity index (χ4n) is 2.14. The number of amidine groups is 1. The Morgan fingerprint density at radius 1 is 1.53 bits per heavy atom. The second-order valence-electron chi connectivity index (χ2n) is 4.52. The van der Waals surface area contributed by atoms with Gasteiger partial charge < -0.3 is 21.0 Å². The third-order valence-corrected chi connectivity index (χ3v) is 3.51. The molecule has 1 heterocycles. The molecule has 0 saturated heterocycles. The van der Waals surface area contributed by atoms with Gasteiger partial charge in [-0.3, -0.25) is 0 Å². The number of hydrogen-bond acceptors (Lipinski definition) is 4. The Balaban J connectivity index is 1.83. The largest absolute Gasteiger partial charge is 0.493 e. The Labute approximate surface area is 120 Å². The van der Waals surface area contributed by atoms with Gasteiger partial charge in [0, 0.05) is 29.4 Å². The van der Waals surface area contributed by atoms with Gasteiger partial charge in [0.2, 0.25) is 0 Å². The molecule has 0 unspecified atom stereocenters. The van der Waals surface area contributed by atoms with Crippen LogP contribution in [-0.2, 0) is 13.0 Å². The van der Waals surface area contributed by atoms with E-state index in [1.165, 1.54) is 11.1 Å². The van der Waals surface area contributed by atoms with Crippen molar-refractivity contribution in [1.29, 1.82) is 0 Å². The predicted molar refractivity (Wildman–Crippen MR) is 77.7 cm³/mol. The molecule has 104 valence electrons. The van der Waals surface area contributed by atoms with E-state index in [1.807, 2.05) is 0 Å². The fourth-order valence-corrected chi connectivity index (χ4v) is 2.70. The molecule has 0 radical (unpaired) electrons. The molecule has 1 aromatic carbocycles. The fraction of sp³-hybridized carbons (Fsp3) is 0.462. The zero-order valence-corrected chi connectivity index (χ0v) is 12.2. The van der Waals surface area contributed by atoms with Gasteiger partial charge in [0.1, 0.15) is 11.6 Å². The van der Waals surface area contributed by atoms with Crippen LogP contribution >= 0.6 is 15.9 Å². The normalized spacial score (nSPS) is 14.3. The molecular formula is C13H18BrN3O2. The van der Waals surface area contributed by atoms with E-state index in [4.69, 9.17) is 15.7 Å². The van der Waals surface area contributed by atoms with Crippen LogP contribution in [0.3, 0.4) is 0 Å². The number of rotatable bonds is 6. The molecule has 6 heteroatoms. The monoisotopic (exact) mass is 327 g/mol. The highest BCUT2D eigenvalue weighted by molar-refractivity contribution is 9.10. The summed E-state index contributed by atoms with van der Waals surface area (Å²) in [7, 11) is 0. The number of nitrogens with two attached hydrogens (primary N) is 1. The Hall–Kier alpha value is -1.27. The first-order valence-electron chi connectivity index (χ1n) is 6.32. The second kappa shape index (κ2) is 6.77. The van der Waals surface area contributed by atoms with E-state index in [0.29, 0.717) is 6.42 Å². The minimum absolute atomic E-state index is 0.272. The Kier molecular flexibility index (Phi) is 5.04. The molecule has 1 aliphatic rings. The van der Waals surface area contributed by atoms with E-state index in [1.54, 1.807) is 0 Å². The molecule has 0 spiro atoms. The van der Waals surface area contributed by atoms with Gasteiger partial charge >= 0.3 is 0 Å². The number of fused-ring (bicyclic) bond motifs is 1. The van der Waals surface area contributed by atoms with Crippen molar-refractivity contribution < 1.29 is 9.94 Å². The van der Waals surface area contributed by atoms with Crippen molar-refractivity contribution in [3.63, 3.8) is 0 Å². The molecule has 4 N–H and O–H groups in total. The number of halogens is 1. The summed E-state index contributed by atoms with van der Waals surface area (Å²) in [5, 5.41) is 14.7. The first-order valence-corrected chi connectivity index (χ1v) is 7.11. The molecule has 5 nitrogen and oxygen atoms in total. The SMILES string of the molecule is N/C(CCCNCc1cc(Br)cc2c1OCC2)=N/O. The average molecular weight is 328 g/mol. The van der Waals surface area contributed by atoms with Crippen molar-refractivity contribution in [1.82, 2.24) is 5.32 Å². The molecular weight excluding hydrogens is 310 g/mol. The highest BCUT2D eigenvalue weighted by Crippen LogP contribution is 2.32. The zero-order valence-electron chi connectivity index (χ0n) is 10.7. The Bertz CT molecular complexity index is 477. The minimum Gasteiger partial charge on any atom is -0.493 e. The maximum absolute atomic E-state index is 8.43. The van der Waals surface area contributed by atoms with Crippen LogP contribution < -0.4 is 15.8 Å². The molecule has 19 heavy (non-hydrogen) atoms. The van der Waals surface area contributed by atoms with E-state index in [2.05, 4.69) is 38.5 Å². The van der Waals surface area contributed by atoms with Crippen LogP contribution in [0.1, 0.15) is 24.0 Å². The van der Waals surface area contributed by atoms with Crippen molar-refractivity contribution in [3.8, 4) is 5.75 Å². The van der Waals surface area contributed by atoms with Crippen LogP contribution in [0.15, 0.2) is 21.8 Å². The molecule has 0 fully saturated rings. The van der Waals surface area contributed by atoms with Gasteiger partial charge in [0.25, 0.3) is 0 Å². The maximum atomic E-state index is 8.43. The van der Waals surface area contributed by atoms with Gasteiger partial charge in [-0.25, -0.2) is 0 Å². The molecule has 0 aromatic heterocycles. The smallest absolute Gasteiger partial charge is 0.139 e. The first-order chi connectivity index (χ1) is 9.20. The third-order valence-electron chi connectivity index (χ3n) is 3.06. The third kappa shape index (κ3) is 3.84. The van der Waals surface area contributed by atoms with E-state index in [-0.39, 0.29) is 5.84 Å². The van der Waals surface area contributed by atoms with E-state index in [9.17, 15) is 0 Å². The van der Waals surface area contributed by atoms with E-state index >= 15 is 0 Å². The quantitative estimate of drug-likeness (QED) is 0.245. The lowest BCUT2D eigenvalue weighted by molar-refractivity contribution is 0.316. The lowest BCUT2D eigenvalue weighted by Crippen LogP contribution is -2.18. The highest BCUT2D eigenvalue weighted by Gasteiger charge is 2.16. The van der Waals surface area contributed by atoms with Gasteiger partial charge in [-0.1, -0.05) is 21.1 Å². The number of nitrogens with zero attached hydrogens (tertiary/aromatic N) is 1. The molecule has 0 bridgehead atoms. The molecule has 0 atom stereocenters. The predicted octanol–water partition coefficient (Wildman–Crippen LogP) is 2.00. The van der Waals surface area contributed by atoms with Gasteiger partial charge in [-0.05, 0) is 30.7 Å². The van der Waals surface area contributed by atoms with Crippen LogP contribution in [-0.4, -0.2) is 24.2 Å². The van der Waals surface area contributed by atoms with Gasteiger partial charge in [0.05, 0.1) is 6.61 Å². The maximum Gasteiger partial charge on any atom is 0.139 e. The van der Waals surface area contributed by atoms with Crippen molar-refractivity contribution in [2.24, 2.45) is 10.9 Å². The van der Waals surface area contributed by atoms with Crippen LogP contribution in [0.5, 0.6) is 5.75 Å². The number of benzene rings is 1. The summed E-state index contributed by atoms with van der Waals surface area (Å²) in [6.45, 7) is 2.34. The minimum atomic E-state index is 0.272. The lowest BCUT2D eigenvalue weighted by Gasteiger charge is -2.10. The van der Waals surface area contributed by atoms with Crippen molar-refractivity contribution in [2.75, 3.05) is 13.2 Å². The van der Waals surface area contributed by atoms with Crippen molar-refractivity contribution >= 4 is 21.8 Å². The summed E-state index contributed by atoms with van der Waals surface area (Å²) in [5.41, 5.74) is 7.84. The number of nitrogens with one attached hydrogen (secondary N) is 1. The van der Waals surface area contributed by atoms with Crippen LogP contribution in [0.2, 0.25) is 0 Å². The summed E-state index contributed by atoms with van der Waals surface area (Å²) in [4.78, 5) is 0. The number of oxime groups is 1. The second-order valence-corrected chi connectivity index (χ2v) is 5.44. The molecule has 0 amide bonds. The van der Waals surface area contributed by atoms with Crippen molar-refractivity contribution in [3.05, 3.63) is 27.7 Å². The summed E-state index contributed by atoms with van der Waals surface area (Å²) < 4.78 is 6.75. The number of ether oxygens (including phenoxy) is 1. The van der Waals surface area contributed by atoms with Crippen LogP contribution in [0.25, 0.3) is 0 Å². The Morgan fingerprint density at radius 3 is 3.16 bits per heavy atom. The summed E-state index contributed by atoms with van der Waals surface area (Å²) in [5.74, 6) is 1.29. The topological polar surface area (TPSA) is 79.9 Å². The van der Waals surface area contributed by atoms with E-state index < -0.39 is 0 Å². The molecule has 0 aliphatic carbocycles. The molecule has 1 aliphatic heterocycles. The van der Waals surface area contributed by atoms with Crippen molar-refractivity contribution in [2.45, 2.75) is 25.8 Å². The Morgan fingerprint density at radius 2 is 2.37 bits per heavy atom. The highest BCUT2D eigenvalue weighted by atomic mass is 79.9. The molecule has 2 rings (SSSR count). The first kappa shape index (κ1) is 14.1. The van der Waals surface area contributed by atoms with Gasteiger partial charge in [0.15, 0.2) is 0 Å². The number of hydrogen-bond donors (Lipinski definition) is 3. The standard InChI is InChI=1S/C13H18BrN3O2/c14-11-6-9-3-5-19-13(9)10(7-11)8-16-4-1-2-12(15)17-18/h6-7,16,18H,1-5,8H2,(H2,15,17). The van der Waals surface area contributed by atoms with Gasteiger partial charge in [-0.2, -0.15) is 0 Å². The van der Waals surface area contributed by atoms with Gasteiger partial charge in [-0.15, -0.1) is 0 Å². The summed E-state index contributed by atoms with van der Waals surface area (Å²) >= 11 is 3.52. The van der Waals surface area contributed by atoms with Crippen LogP contribution in [0.4, 0.5) is 0 Å². The average Bonchev–Trinajstić information content (AvgIpc) is 2.85. The molecule has 1 aromatic rings. The van der Waals surface area contributed by atoms with Crippen LogP contribution in [0, 0.1) is 0 Å². The summed E-state index contributed by atoms with van der Waals surface area (Å²) in [6, 6.07) is 4.20. The van der Waals surface area contributed by atoms with E-state index in [0.717, 1.165) is 42.8 Å². The summed E-state index contributed by atoms with van der Waals surface area (Å²) in [6.07, 6.45) is 2.41. The lowest BCUT2D eigenvalue weighted by atomic mass is 10.1. The zero-order chi connectivity index (χ0) is 13.7.